The minimum atomic E-state index is 0.642. The van der Waals surface area contributed by atoms with Crippen LogP contribution < -0.4 is 15.4 Å². The van der Waals surface area contributed by atoms with Crippen LogP contribution in [-0.2, 0) is 0 Å². The lowest BCUT2D eigenvalue weighted by Crippen LogP contribution is -2.46. The molecule has 0 amide bonds. The van der Waals surface area contributed by atoms with E-state index in [9.17, 15) is 0 Å². The number of hydrogen-bond donors (Lipinski definition) is 2. The van der Waals surface area contributed by atoms with E-state index in [0.717, 1.165) is 24.3 Å². The molecule has 2 aliphatic heterocycles. The fraction of sp³-hybridized carbons (Fsp3) is 0.647. The molecular formula is C17H26N2O. The number of benzene rings is 1. The van der Waals surface area contributed by atoms with Crippen molar-refractivity contribution in [3.05, 3.63) is 29.8 Å². The molecule has 110 valence electrons. The zero-order chi connectivity index (χ0) is 13.8. The third-order valence-electron chi connectivity index (χ3n) is 4.97. The van der Waals surface area contributed by atoms with Gasteiger partial charge < -0.3 is 15.4 Å². The zero-order valence-corrected chi connectivity index (χ0v) is 12.4. The van der Waals surface area contributed by atoms with Crippen LogP contribution in [0.1, 0.15) is 37.2 Å². The highest BCUT2D eigenvalue weighted by molar-refractivity contribution is 5.31. The molecule has 2 heterocycles. The van der Waals surface area contributed by atoms with Gasteiger partial charge in [-0.25, -0.2) is 0 Å². The predicted octanol–water partition coefficient (Wildman–Crippen LogP) is 2.53. The van der Waals surface area contributed by atoms with Gasteiger partial charge in [-0.2, -0.15) is 0 Å². The van der Waals surface area contributed by atoms with Crippen molar-refractivity contribution in [2.75, 3.05) is 26.7 Å². The number of methoxy groups -OCH3 is 1. The van der Waals surface area contributed by atoms with Crippen LogP contribution in [-0.4, -0.2) is 32.8 Å². The third-order valence-corrected chi connectivity index (χ3v) is 4.97. The van der Waals surface area contributed by atoms with Crippen LogP contribution in [0.15, 0.2) is 24.3 Å². The van der Waals surface area contributed by atoms with E-state index in [4.69, 9.17) is 4.74 Å². The fourth-order valence-corrected chi connectivity index (χ4v) is 3.71. The Hall–Kier alpha value is -1.06. The molecular weight excluding hydrogens is 248 g/mol. The summed E-state index contributed by atoms with van der Waals surface area (Å²) in [6.07, 6.45) is 5.28. The van der Waals surface area contributed by atoms with E-state index in [-0.39, 0.29) is 0 Å². The van der Waals surface area contributed by atoms with E-state index in [0.29, 0.717) is 5.92 Å². The average Bonchev–Trinajstić information content (AvgIpc) is 2.56. The maximum atomic E-state index is 5.33. The Morgan fingerprint density at radius 2 is 1.95 bits per heavy atom. The molecule has 0 saturated carbocycles. The second kappa shape index (κ2) is 6.59. The van der Waals surface area contributed by atoms with Gasteiger partial charge in [0.2, 0.25) is 0 Å². The van der Waals surface area contributed by atoms with Gasteiger partial charge in [-0.05, 0) is 68.3 Å². The van der Waals surface area contributed by atoms with Crippen LogP contribution >= 0.6 is 0 Å². The lowest BCUT2D eigenvalue weighted by Gasteiger charge is -2.37. The van der Waals surface area contributed by atoms with Crippen molar-refractivity contribution in [3.8, 4) is 5.75 Å². The predicted molar refractivity (Wildman–Crippen MR) is 82.4 cm³/mol. The normalized spacial score (nSPS) is 28.2. The van der Waals surface area contributed by atoms with Gasteiger partial charge in [0.15, 0.2) is 0 Å². The number of hydrogen-bond acceptors (Lipinski definition) is 3. The molecule has 2 atom stereocenters. The molecule has 2 fully saturated rings. The molecule has 2 unspecified atom stereocenters. The van der Waals surface area contributed by atoms with Crippen LogP contribution in [0.4, 0.5) is 0 Å². The molecule has 20 heavy (non-hydrogen) atoms. The molecule has 1 aromatic rings. The molecule has 3 heteroatoms. The Balaban J connectivity index is 1.57. The Labute approximate surface area is 122 Å². The second-order valence-corrected chi connectivity index (χ2v) is 6.15. The quantitative estimate of drug-likeness (QED) is 0.888. The monoisotopic (exact) mass is 274 g/mol. The summed E-state index contributed by atoms with van der Waals surface area (Å²) >= 11 is 0. The molecule has 2 aliphatic rings. The highest BCUT2D eigenvalue weighted by Gasteiger charge is 2.28. The van der Waals surface area contributed by atoms with Crippen molar-refractivity contribution in [1.29, 1.82) is 0 Å². The van der Waals surface area contributed by atoms with Crippen LogP contribution in [0, 0.1) is 5.92 Å². The molecule has 2 saturated heterocycles. The number of rotatable bonds is 3. The molecule has 0 spiro atoms. The van der Waals surface area contributed by atoms with Crippen LogP contribution in [0.2, 0.25) is 0 Å². The van der Waals surface area contributed by atoms with Gasteiger partial charge >= 0.3 is 0 Å². The minimum absolute atomic E-state index is 0.642. The van der Waals surface area contributed by atoms with Crippen molar-refractivity contribution in [3.63, 3.8) is 0 Å². The summed E-state index contributed by atoms with van der Waals surface area (Å²) in [5, 5.41) is 7.27. The highest BCUT2D eigenvalue weighted by Crippen LogP contribution is 2.31. The summed E-state index contributed by atoms with van der Waals surface area (Å²) < 4.78 is 5.33. The molecule has 3 nitrogen and oxygen atoms in total. The summed E-state index contributed by atoms with van der Waals surface area (Å²) in [6.45, 7) is 3.51. The van der Waals surface area contributed by atoms with Crippen molar-refractivity contribution in [1.82, 2.24) is 10.6 Å². The highest BCUT2D eigenvalue weighted by atomic mass is 16.5. The first-order valence-corrected chi connectivity index (χ1v) is 7.95. The maximum Gasteiger partial charge on any atom is 0.119 e. The SMILES string of the molecule is COc1cccc(C2CCC(C3CCNCC3)NC2)c1. The molecule has 0 radical (unpaired) electrons. The first-order valence-electron chi connectivity index (χ1n) is 7.95. The fourth-order valence-electron chi connectivity index (χ4n) is 3.71. The van der Waals surface area contributed by atoms with Gasteiger partial charge in [-0.15, -0.1) is 0 Å². The van der Waals surface area contributed by atoms with Crippen LogP contribution in [0.5, 0.6) is 5.75 Å². The zero-order valence-electron chi connectivity index (χ0n) is 12.4. The first kappa shape index (κ1) is 13.9. The van der Waals surface area contributed by atoms with E-state index < -0.39 is 0 Å². The van der Waals surface area contributed by atoms with Gasteiger partial charge in [-0.3, -0.25) is 0 Å². The smallest absolute Gasteiger partial charge is 0.119 e. The van der Waals surface area contributed by atoms with E-state index in [2.05, 4.69) is 28.8 Å². The Kier molecular flexibility index (Phi) is 4.58. The topological polar surface area (TPSA) is 33.3 Å². The largest absolute Gasteiger partial charge is 0.497 e. The Morgan fingerprint density at radius 1 is 1.10 bits per heavy atom. The second-order valence-electron chi connectivity index (χ2n) is 6.15. The van der Waals surface area contributed by atoms with Gasteiger partial charge in [0.1, 0.15) is 5.75 Å². The maximum absolute atomic E-state index is 5.33. The van der Waals surface area contributed by atoms with Crippen molar-refractivity contribution in [2.24, 2.45) is 5.92 Å². The number of piperidine rings is 2. The van der Waals surface area contributed by atoms with E-state index >= 15 is 0 Å². The van der Waals surface area contributed by atoms with E-state index in [1.54, 1.807) is 7.11 Å². The average molecular weight is 274 g/mol. The summed E-state index contributed by atoms with van der Waals surface area (Å²) in [6, 6.07) is 9.29. The van der Waals surface area contributed by atoms with Crippen molar-refractivity contribution in [2.45, 2.75) is 37.6 Å². The Bertz CT molecular complexity index is 421. The van der Waals surface area contributed by atoms with E-state index in [1.807, 2.05) is 6.07 Å². The van der Waals surface area contributed by atoms with Gasteiger partial charge in [0, 0.05) is 12.6 Å². The van der Waals surface area contributed by atoms with Crippen LogP contribution in [0.25, 0.3) is 0 Å². The lowest BCUT2D eigenvalue weighted by molar-refractivity contribution is 0.232. The Morgan fingerprint density at radius 3 is 2.65 bits per heavy atom. The summed E-state index contributed by atoms with van der Waals surface area (Å²) in [4.78, 5) is 0. The van der Waals surface area contributed by atoms with Gasteiger partial charge in [-0.1, -0.05) is 12.1 Å². The molecule has 1 aromatic carbocycles. The number of nitrogens with one attached hydrogen (secondary N) is 2. The molecule has 2 N–H and O–H groups in total. The van der Waals surface area contributed by atoms with Gasteiger partial charge in [0.05, 0.1) is 7.11 Å². The summed E-state index contributed by atoms with van der Waals surface area (Å²) in [5.74, 6) is 2.49. The minimum Gasteiger partial charge on any atom is -0.497 e. The van der Waals surface area contributed by atoms with Crippen LogP contribution in [0.3, 0.4) is 0 Å². The van der Waals surface area contributed by atoms with Crippen molar-refractivity contribution < 1.29 is 4.74 Å². The third kappa shape index (κ3) is 3.15. The molecule has 3 rings (SSSR count). The molecule has 0 aromatic heterocycles. The first-order chi connectivity index (χ1) is 9.86. The summed E-state index contributed by atoms with van der Waals surface area (Å²) in [5.41, 5.74) is 1.42. The van der Waals surface area contributed by atoms with E-state index in [1.165, 1.54) is 44.3 Å². The molecule has 0 aliphatic carbocycles. The van der Waals surface area contributed by atoms with Gasteiger partial charge in [0.25, 0.3) is 0 Å². The molecule has 0 bridgehead atoms. The standard InChI is InChI=1S/C17H26N2O/c1-20-16-4-2-3-14(11-16)15-5-6-17(19-12-15)13-7-9-18-10-8-13/h2-4,11,13,15,17-19H,5-10,12H2,1H3. The van der Waals surface area contributed by atoms with Crippen molar-refractivity contribution >= 4 is 0 Å². The number of ether oxygens (including phenoxy) is 1. The summed E-state index contributed by atoms with van der Waals surface area (Å²) in [7, 11) is 1.74. The lowest BCUT2D eigenvalue weighted by atomic mass is 9.81.